The predicted molar refractivity (Wildman–Crippen MR) is 103 cm³/mol. The lowest BCUT2D eigenvalue weighted by Gasteiger charge is -2.09. The minimum absolute atomic E-state index is 0.282. The maximum atomic E-state index is 13.3. The van der Waals surface area contributed by atoms with E-state index < -0.39 is 5.97 Å². The fourth-order valence-corrected chi connectivity index (χ4v) is 3.22. The van der Waals surface area contributed by atoms with Gasteiger partial charge in [0, 0.05) is 16.5 Å². The molecule has 0 saturated heterocycles. The Morgan fingerprint density at radius 1 is 0.926 bits per heavy atom. The molecule has 1 aromatic heterocycles. The van der Waals surface area contributed by atoms with E-state index in [1.165, 1.54) is 12.1 Å². The number of esters is 1. The molecule has 0 bridgehead atoms. The van der Waals surface area contributed by atoms with E-state index in [-0.39, 0.29) is 12.4 Å². The quantitative estimate of drug-likeness (QED) is 0.414. The third-order valence-corrected chi connectivity index (χ3v) is 4.46. The molecule has 0 aliphatic heterocycles. The SMILES string of the molecule is CCOC(=O)c1ccc(-c2ccccc2)c2occ(-c3ccc(F)cc3)c12. The highest BCUT2D eigenvalue weighted by atomic mass is 19.1. The summed E-state index contributed by atoms with van der Waals surface area (Å²) in [5.41, 5.74) is 4.40. The minimum atomic E-state index is -0.410. The zero-order valence-corrected chi connectivity index (χ0v) is 14.7. The van der Waals surface area contributed by atoms with Crippen LogP contribution in [0.5, 0.6) is 0 Å². The minimum Gasteiger partial charge on any atom is -0.463 e. The summed E-state index contributed by atoms with van der Waals surface area (Å²) in [6.45, 7) is 2.05. The number of hydrogen-bond acceptors (Lipinski definition) is 3. The Morgan fingerprint density at radius 3 is 2.33 bits per heavy atom. The average Bonchev–Trinajstić information content (AvgIpc) is 3.14. The molecule has 0 aliphatic carbocycles. The second kappa shape index (κ2) is 7.08. The maximum Gasteiger partial charge on any atom is 0.338 e. The van der Waals surface area contributed by atoms with E-state index in [0.717, 1.165) is 22.3 Å². The van der Waals surface area contributed by atoms with Crippen LogP contribution in [0, 0.1) is 5.82 Å². The molecular weight excluding hydrogens is 343 g/mol. The van der Waals surface area contributed by atoms with E-state index in [2.05, 4.69) is 0 Å². The van der Waals surface area contributed by atoms with Crippen molar-refractivity contribution in [2.75, 3.05) is 6.61 Å². The zero-order valence-electron chi connectivity index (χ0n) is 14.7. The smallest absolute Gasteiger partial charge is 0.338 e. The molecule has 0 N–H and O–H groups in total. The molecule has 0 fully saturated rings. The number of furan rings is 1. The van der Waals surface area contributed by atoms with E-state index in [1.807, 2.05) is 36.4 Å². The molecule has 27 heavy (non-hydrogen) atoms. The predicted octanol–water partition coefficient (Wildman–Crippen LogP) is 6.08. The Balaban J connectivity index is 1.99. The largest absolute Gasteiger partial charge is 0.463 e. The van der Waals surface area contributed by atoms with Crippen molar-refractivity contribution in [2.24, 2.45) is 0 Å². The molecule has 0 saturated carbocycles. The van der Waals surface area contributed by atoms with Crippen molar-refractivity contribution < 1.29 is 18.3 Å². The van der Waals surface area contributed by atoms with Gasteiger partial charge >= 0.3 is 5.97 Å². The van der Waals surface area contributed by atoms with Gasteiger partial charge in [0.2, 0.25) is 0 Å². The van der Waals surface area contributed by atoms with Gasteiger partial charge in [-0.3, -0.25) is 0 Å². The first-order chi connectivity index (χ1) is 13.2. The summed E-state index contributed by atoms with van der Waals surface area (Å²) < 4.78 is 24.4. The monoisotopic (exact) mass is 360 g/mol. The van der Waals surface area contributed by atoms with Crippen LogP contribution in [0.2, 0.25) is 0 Å². The topological polar surface area (TPSA) is 39.4 Å². The number of rotatable bonds is 4. The average molecular weight is 360 g/mol. The molecule has 0 radical (unpaired) electrons. The summed E-state index contributed by atoms with van der Waals surface area (Å²) >= 11 is 0. The maximum absolute atomic E-state index is 13.3. The van der Waals surface area contributed by atoms with Gasteiger partial charge in [-0.25, -0.2) is 9.18 Å². The number of carbonyl (C=O) groups excluding carboxylic acids is 1. The number of ether oxygens (including phenoxy) is 1. The standard InChI is InChI=1S/C23H17FO3/c1-2-26-23(25)19-13-12-18(15-6-4-3-5-7-15)22-21(19)20(14-27-22)16-8-10-17(24)11-9-16/h3-14H,2H2,1H3. The molecule has 4 heteroatoms. The molecule has 134 valence electrons. The van der Waals surface area contributed by atoms with Gasteiger partial charge in [-0.2, -0.15) is 0 Å². The van der Waals surface area contributed by atoms with Crippen LogP contribution in [0.25, 0.3) is 33.2 Å². The molecule has 1 heterocycles. The van der Waals surface area contributed by atoms with Gasteiger partial charge in [-0.15, -0.1) is 0 Å². The van der Waals surface area contributed by atoms with Crippen LogP contribution >= 0.6 is 0 Å². The lowest BCUT2D eigenvalue weighted by atomic mass is 9.96. The van der Waals surface area contributed by atoms with Gasteiger partial charge in [0.25, 0.3) is 0 Å². The fraction of sp³-hybridized carbons (Fsp3) is 0.0870. The number of halogens is 1. The summed E-state index contributed by atoms with van der Waals surface area (Å²) in [5.74, 6) is -0.728. The Kier molecular flexibility index (Phi) is 4.47. The van der Waals surface area contributed by atoms with Gasteiger partial charge in [0.1, 0.15) is 11.4 Å². The summed E-state index contributed by atoms with van der Waals surface area (Å²) in [5, 5.41) is 0.668. The van der Waals surface area contributed by atoms with Crippen LogP contribution < -0.4 is 0 Å². The third-order valence-electron chi connectivity index (χ3n) is 4.46. The zero-order chi connectivity index (χ0) is 18.8. The van der Waals surface area contributed by atoms with Crippen LogP contribution in [0.1, 0.15) is 17.3 Å². The molecule has 0 amide bonds. The van der Waals surface area contributed by atoms with E-state index >= 15 is 0 Å². The van der Waals surface area contributed by atoms with Crippen molar-refractivity contribution >= 4 is 16.9 Å². The molecular formula is C23H17FO3. The molecule has 3 nitrogen and oxygen atoms in total. The van der Waals surface area contributed by atoms with Gasteiger partial charge in [0.15, 0.2) is 0 Å². The highest BCUT2D eigenvalue weighted by Crippen LogP contribution is 2.39. The second-order valence-corrected chi connectivity index (χ2v) is 6.11. The number of hydrogen-bond donors (Lipinski definition) is 0. The summed E-state index contributed by atoms with van der Waals surface area (Å²) in [6.07, 6.45) is 1.60. The summed E-state index contributed by atoms with van der Waals surface area (Å²) in [6, 6.07) is 19.5. The number of benzene rings is 3. The third kappa shape index (κ3) is 3.10. The van der Waals surface area contributed by atoms with Gasteiger partial charge in [0.05, 0.1) is 18.4 Å². The second-order valence-electron chi connectivity index (χ2n) is 6.11. The Morgan fingerprint density at radius 2 is 1.63 bits per heavy atom. The highest BCUT2D eigenvalue weighted by Gasteiger charge is 2.21. The number of fused-ring (bicyclic) bond motifs is 1. The van der Waals surface area contributed by atoms with E-state index in [4.69, 9.17) is 9.15 Å². The van der Waals surface area contributed by atoms with E-state index in [0.29, 0.717) is 16.5 Å². The molecule has 0 aliphatic rings. The first kappa shape index (κ1) is 17.0. The first-order valence-corrected chi connectivity index (χ1v) is 8.71. The number of carbonyl (C=O) groups is 1. The highest BCUT2D eigenvalue weighted by molar-refractivity contribution is 6.12. The molecule has 0 unspecified atom stereocenters. The van der Waals surface area contributed by atoms with Crippen molar-refractivity contribution in [3.05, 3.63) is 84.4 Å². The normalized spacial score (nSPS) is 10.9. The molecule has 4 rings (SSSR count). The van der Waals surface area contributed by atoms with Crippen molar-refractivity contribution in [3.8, 4) is 22.3 Å². The van der Waals surface area contributed by atoms with Crippen molar-refractivity contribution in [1.82, 2.24) is 0 Å². The van der Waals surface area contributed by atoms with Crippen LogP contribution in [-0.4, -0.2) is 12.6 Å². The van der Waals surface area contributed by atoms with Crippen LogP contribution in [0.4, 0.5) is 4.39 Å². The Hall–Kier alpha value is -3.40. The molecule has 0 atom stereocenters. The first-order valence-electron chi connectivity index (χ1n) is 8.71. The Bertz CT molecular complexity index is 1100. The van der Waals surface area contributed by atoms with Crippen molar-refractivity contribution in [1.29, 1.82) is 0 Å². The van der Waals surface area contributed by atoms with E-state index in [1.54, 1.807) is 31.4 Å². The Labute approximate surface area is 156 Å². The van der Waals surface area contributed by atoms with Gasteiger partial charge in [-0.1, -0.05) is 42.5 Å². The fourth-order valence-electron chi connectivity index (χ4n) is 3.22. The van der Waals surface area contributed by atoms with Crippen LogP contribution in [0.15, 0.2) is 77.4 Å². The van der Waals surface area contributed by atoms with Crippen molar-refractivity contribution in [2.45, 2.75) is 6.92 Å². The van der Waals surface area contributed by atoms with Gasteiger partial charge < -0.3 is 9.15 Å². The summed E-state index contributed by atoms with van der Waals surface area (Å²) in [7, 11) is 0. The summed E-state index contributed by atoms with van der Waals surface area (Å²) in [4.78, 5) is 12.5. The molecule has 0 spiro atoms. The van der Waals surface area contributed by atoms with Gasteiger partial charge in [-0.05, 0) is 42.3 Å². The molecule has 4 aromatic rings. The lowest BCUT2D eigenvalue weighted by Crippen LogP contribution is -2.05. The van der Waals surface area contributed by atoms with Crippen LogP contribution in [-0.2, 0) is 4.74 Å². The molecule has 3 aromatic carbocycles. The van der Waals surface area contributed by atoms with Crippen LogP contribution in [0.3, 0.4) is 0 Å². The lowest BCUT2D eigenvalue weighted by molar-refractivity contribution is 0.0528. The van der Waals surface area contributed by atoms with Crippen molar-refractivity contribution in [3.63, 3.8) is 0 Å². The van der Waals surface area contributed by atoms with E-state index in [9.17, 15) is 9.18 Å².